The molecule has 0 radical (unpaired) electrons. The normalized spacial score (nSPS) is 10.8. The first-order chi connectivity index (χ1) is 27.9. The van der Waals surface area contributed by atoms with Gasteiger partial charge in [-0.05, 0) is 152 Å². The number of ether oxygens (including phenoxy) is 4. The molecule has 0 amide bonds. The molecule has 10 heteroatoms. The van der Waals surface area contributed by atoms with Crippen molar-refractivity contribution in [2.75, 3.05) is 25.7 Å². The molecule has 4 rings (SSSR count). The van der Waals surface area contributed by atoms with E-state index in [1.807, 2.05) is 103 Å². The van der Waals surface area contributed by atoms with Gasteiger partial charge in [0.25, 0.3) is 0 Å². The number of carbonyl (C=O) groups excluding carboxylic acids is 4. The highest BCUT2D eigenvalue weighted by atomic mass is 19.1. The zero-order valence-corrected chi connectivity index (χ0v) is 36.7. The molecule has 0 heterocycles. The number of unbranched alkanes of at least 4 members (excludes halogenated alkanes) is 2. The van der Waals surface area contributed by atoms with Gasteiger partial charge in [0.05, 0.1) is 19.8 Å². The monoisotopic (exact) mass is 813 g/mol. The smallest absolute Gasteiger partial charge is 0.306 e. The van der Waals surface area contributed by atoms with Gasteiger partial charge >= 0.3 is 11.9 Å². The zero-order chi connectivity index (χ0) is 44.0. The molecule has 0 spiro atoms. The summed E-state index contributed by atoms with van der Waals surface area (Å²) in [5.41, 5.74) is 5.08. The second-order valence-electron chi connectivity index (χ2n) is 16.3. The number of esters is 2. The number of benzene rings is 4. The molecule has 0 saturated heterocycles. The molecule has 0 aliphatic rings. The molecule has 320 valence electrons. The molecule has 0 fully saturated rings. The van der Waals surface area contributed by atoms with Crippen LogP contribution in [0.5, 0.6) is 11.5 Å². The van der Waals surface area contributed by atoms with Crippen molar-refractivity contribution in [3.05, 3.63) is 124 Å². The third-order valence-corrected chi connectivity index (χ3v) is 8.62. The van der Waals surface area contributed by atoms with Gasteiger partial charge in [0.1, 0.15) is 28.5 Å². The Kier molecular flexibility index (Phi) is 21.1. The van der Waals surface area contributed by atoms with Crippen LogP contribution in [0, 0.1) is 19.7 Å². The van der Waals surface area contributed by atoms with Crippen LogP contribution in [0.25, 0.3) is 0 Å². The average molecular weight is 814 g/mol. The minimum absolute atomic E-state index is 0.0954. The summed E-state index contributed by atoms with van der Waals surface area (Å²) >= 11 is 0. The van der Waals surface area contributed by atoms with Crippen LogP contribution in [-0.2, 0) is 32.0 Å². The van der Waals surface area contributed by atoms with Crippen molar-refractivity contribution in [2.45, 2.75) is 118 Å². The van der Waals surface area contributed by atoms with Gasteiger partial charge in [-0.2, -0.15) is 0 Å². The lowest BCUT2D eigenvalue weighted by Gasteiger charge is -2.27. The lowest BCUT2D eigenvalue weighted by Crippen LogP contribution is -2.27. The first-order valence-corrected chi connectivity index (χ1v) is 20.1. The Balaban J connectivity index is 0.000000343. The van der Waals surface area contributed by atoms with Crippen molar-refractivity contribution in [3.63, 3.8) is 0 Å². The summed E-state index contributed by atoms with van der Waals surface area (Å²) in [4.78, 5) is 47.4. The predicted octanol–water partition coefficient (Wildman–Crippen LogP) is 11.0. The third-order valence-electron chi connectivity index (χ3n) is 8.62. The van der Waals surface area contributed by atoms with Gasteiger partial charge in [-0.15, -0.1) is 0 Å². The van der Waals surface area contributed by atoms with Gasteiger partial charge in [-0.1, -0.05) is 42.8 Å². The van der Waals surface area contributed by atoms with Gasteiger partial charge < -0.3 is 23.8 Å². The SMILES string of the molecule is COc1ccc(CCCCCC(=O)OC(C)(C)C)cc1.COc1ccc(CN(CCCC(=O)OC(C)(C)C)c2cc(C)ccc2C=O)cc1.Cc1ccc(C=O)c(F)c1. The number of hydrogen-bond donors (Lipinski definition) is 0. The number of halogens is 1. The predicted molar refractivity (Wildman–Crippen MR) is 233 cm³/mol. The summed E-state index contributed by atoms with van der Waals surface area (Å²) in [6, 6.07) is 26.3. The average Bonchev–Trinajstić information content (AvgIpc) is 3.17. The molecule has 0 N–H and O–H groups in total. The zero-order valence-electron chi connectivity index (χ0n) is 36.7. The van der Waals surface area contributed by atoms with E-state index in [-0.39, 0.29) is 23.1 Å². The Morgan fingerprint density at radius 2 is 1.08 bits per heavy atom. The second-order valence-corrected chi connectivity index (χ2v) is 16.3. The molecular formula is C49H64FNO8. The molecule has 0 aromatic heterocycles. The molecule has 0 aliphatic heterocycles. The van der Waals surface area contributed by atoms with Gasteiger partial charge in [0.15, 0.2) is 12.6 Å². The van der Waals surface area contributed by atoms with Crippen molar-refractivity contribution in [2.24, 2.45) is 0 Å². The number of nitrogens with zero attached hydrogens (tertiary/aromatic N) is 1. The first-order valence-electron chi connectivity index (χ1n) is 20.1. The number of carbonyl (C=O) groups is 4. The summed E-state index contributed by atoms with van der Waals surface area (Å²) in [6.45, 7) is 16.3. The van der Waals surface area contributed by atoms with Crippen LogP contribution in [0.3, 0.4) is 0 Å². The fraction of sp³-hybridized carbons (Fsp3) is 0.429. The Bertz CT molecular complexity index is 1890. The number of aryl methyl sites for hydroxylation is 3. The molecule has 0 unspecified atom stereocenters. The van der Waals surface area contributed by atoms with Gasteiger partial charge in [-0.3, -0.25) is 19.2 Å². The standard InChI is InChI=1S/C24H31NO4.C17H26O3.C8H7FO/c1-18-8-11-20(17-26)22(15-18)25(14-6-7-23(27)29-24(2,3)4)16-19-9-12-21(28-5)13-10-19;1-17(2,3)20-16(18)9-7-5-6-8-14-10-12-15(19-4)13-11-14;1-6-2-3-7(5-10)8(9)4-6/h8-13,15,17H,6-7,14,16H2,1-5H3;10-13H,5-9H2,1-4H3;2-5H,1H3. The topological polar surface area (TPSA) is 108 Å². The van der Waals surface area contributed by atoms with Crippen molar-refractivity contribution in [1.82, 2.24) is 0 Å². The van der Waals surface area contributed by atoms with E-state index in [4.69, 9.17) is 18.9 Å². The largest absolute Gasteiger partial charge is 0.497 e. The Morgan fingerprint density at radius 3 is 1.56 bits per heavy atom. The summed E-state index contributed by atoms with van der Waals surface area (Å²) < 4.78 is 33.7. The van der Waals surface area contributed by atoms with Crippen LogP contribution < -0.4 is 14.4 Å². The van der Waals surface area contributed by atoms with Gasteiger partial charge in [0, 0.05) is 37.2 Å². The first kappa shape index (κ1) is 49.6. The van der Waals surface area contributed by atoms with Crippen molar-refractivity contribution >= 4 is 30.2 Å². The lowest BCUT2D eigenvalue weighted by molar-refractivity contribution is -0.156. The maximum absolute atomic E-state index is 12.6. The quantitative estimate of drug-likeness (QED) is 0.0585. The van der Waals surface area contributed by atoms with E-state index < -0.39 is 11.4 Å². The fourth-order valence-corrected chi connectivity index (χ4v) is 5.76. The molecule has 0 aliphatic carbocycles. The molecule has 0 saturated carbocycles. The van der Waals surface area contributed by atoms with Crippen molar-refractivity contribution < 1.29 is 42.5 Å². The summed E-state index contributed by atoms with van der Waals surface area (Å²) in [6.07, 6.45) is 6.94. The molecule has 0 bridgehead atoms. The van der Waals surface area contributed by atoms with E-state index in [2.05, 4.69) is 17.0 Å². The highest BCUT2D eigenvalue weighted by Crippen LogP contribution is 2.25. The molecule has 9 nitrogen and oxygen atoms in total. The molecular weight excluding hydrogens is 750 g/mol. The molecule has 0 atom stereocenters. The molecule has 59 heavy (non-hydrogen) atoms. The van der Waals surface area contributed by atoms with Crippen molar-refractivity contribution in [3.8, 4) is 11.5 Å². The van der Waals surface area contributed by atoms with Crippen LogP contribution in [0.15, 0.2) is 84.9 Å². The molecule has 4 aromatic rings. The number of hydrogen-bond acceptors (Lipinski definition) is 9. The molecule has 4 aromatic carbocycles. The summed E-state index contributed by atoms with van der Waals surface area (Å²) in [5, 5.41) is 0. The van der Waals surface area contributed by atoms with Crippen LogP contribution >= 0.6 is 0 Å². The van der Waals surface area contributed by atoms with E-state index in [0.29, 0.717) is 44.2 Å². The van der Waals surface area contributed by atoms with E-state index in [1.165, 1.54) is 17.7 Å². The maximum Gasteiger partial charge on any atom is 0.306 e. The minimum Gasteiger partial charge on any atom is -0.497 e. The number of methoxy groups -OCH3 is 2. The highest BCUT2D eigenvalue weighted by Gasteiger charge is 2.18. The highest BCUT2D eigenvalue weighted by molar-refractivity contribution is 5.85. The van der Waals surface area contributed by atoms with Gasteiger partial charge in [0.2, 0.25) is 0 Å². The van der Waals surface area contributed by atoms with E-state index in [9.17, 15) is 23.6 Å². The summed E-state index contributed by atoms with van der Waals surface area (Å²) in [5.74, 6) is 0.937. The number of anilines is 1. The Morgan fingerprint density at radius 1 is 0.610 bits per heavy atom. The van der Waals surface area contributed by atoms with E-state index in [1.54, 1.807) is 27.2 Å². The van der Waals surface area contributed by atoms with Crippen LogP contribution in [0.2, 0.25) is 0 Å². The van der Waals surface area contributed by atoms with Crippen LogP contribution in [0.4, 0.5) is 10.1 Å². The Labute approximate surface area is 351 Å². The van der Waals surface area contributed by atoms with Gasteiger partial charge in [-0.25, -0.2) is 4.39 Å². The summed E-state index contributed by atoms with van der Waals surface area (Å²) in [7, 11) is 3.31. The second kappa shape index (κ2) is 25.1. The van der Waals surface area contributed by atoms with E-state index >= 15 is 0 Å². The van der Waals surface area contributed by atoms with E-state index in [0.717, 1.165) is 65.8 Å². The van der Waals surface area contributed by atoms with Crippen LogP contribution in [0.1, 0.15) is 123 Å². The lowest BCUT2D eigenvalue weighted by atomic mass is 10.1. The Hall–Kier alpha value is -5.51. The number of aldehydes is 2. The fourth-order valence-electron chi connectivity index (χ4n) is 5.76. The number of rotatable bonds is 17. The van der Waals surface area contributed by atoms with Crippen molar-refractivity contribution in [1.29, 1.82) is 0 Å². The maximum atomic E-state index is 12.6. The minimum atomic E-state index is -0.485. The van der Waals surface area contributed by atoms with Crippen LogP contribution in [-0.4, -0.2) is 56.5 Å². The third kappa shape index (κ3) is 20.7.